The molecule has 0 amide bonds. The second kappa shape index (κ2) is 7.77. The first-order valence-corrected chi connectivity index (χ1v) is 8.89. The summed E-state index contributed by atoms with van der Waals surface area (Å²) in [4.78, 5) is 8.54. The molecule has 0 aliphatic heterocycles. The molecule has 3 rings (SSSR count). The lowest BCUT2D eigenvalue weighted by Gasteiger charge is -2.12. The van der Waals surface area contributed by atoms with Gasteiger partial charge in [0.25, 0.3) is 0 Å². The fourth-order valence-corrected chi connectivity index (χ4v) is 3.20. The number of nitrogens with zero attached hydrogens (tertiary/aromatic N) is 2. The first-order valence-electron chi connectivity index (χ1n) is 7.11. The Morgan fingerprint density at radius 3 is 2.70 bits per heavy atom. The molecule has 0 aliphatic carbocycles. The third kappa shape index (κ3) is 4.43. The van der Waals surface area contributed by atoms with Gasteiger partial charge in [0.1, 0.15) is 23.7 Å². The number of halogens is 1. The molecule has 2 aromatic carbocycles. The van der Waals surface area contributed by atoms with Crippen LogP contribution in [0, 0.1) is 0 Å². The van der Waals surface area contributed by atoms with Crippen LogP contribution in [0.5, 0.6) is 5.75 Å². The van der Waals surface area contributed by atoms with Crippen LogP contribution in [0.15, 0.2) is 64.4 Å². The van der Waals surface area contributed by atoms with E-state index in [9.17, 15) is 5.11 Å². The predicted molar refractivity (Wildman–Crippen MR) is 95.9 cm³/mol. The number of aliphatic hydroxyl groups is 1. The van der Waals surface area contributed by atoms with Crippen molar-refractivity contribution in [3.05, 3.63) is 59.3 Å². The molecule has 0 radical (unpaired) electrons. The molecule has 0 fully saturated rings. The van der Waals surface area contributed by atoms with E-state index in [0.717, 1.165) is 26.2 Å². The molecule has 0 bridgehead atoms. The summed E-state index contributed by atoms with van der Waals surface area (Å²) in [6, 6.07) is 15.4. The SMILES string of the molecule is O[C@@H](COc1ccc(Br)cc1)CSc1ncnc2ccccc12. The normalized spacial score (nSPS) is 12.3. The topological polar surface area (TPSA) is 55.2 Å². The summed E-state index contributed by atoms with van der Waals surface area (Å²) in [5.74, 6) is 1.25. The van der Waals surface area contributed by atoms with Gasteiger partial charge in [0.05, 0.1) is 11.6 Å². The molecule has 0 saturated heterocycles. The minimum atomic E-state index is -0.572. The average Bonchev–Trinajstić information content (AvgIpc) is 2.59. The molecular formula is C17H15BrN2O2S. The van der Waals surface area contributed by atoms with Crippen LogP contribution in [-0.4, -0.2) is 33.5 Å². The molecule has 0 spiro atoms. The van der Waals surface area contributed by atoms with Crippen molar-refractivity contribution in [2.24, 2.45) is 0 Å². The Morgan fingerprint density at radius 1 is 1.09 bits per heavy atom. The van der Waals surface area contributed by atoms with Crippen molar-refractivity contribution in [1.82, 2.24) is 9.97 Å². The van der Waals surface area contributed by atoms with Gasteiger partial charge < -0.3 is 9.84 Å². The number of ether oxygens (including phenoxy) is 1. The quantitative estimate of drug-likeness (QED) is 0.510. The third-order valence-electron chi connectivity index (χ3n) is 3.17. The number of rotatable bonds is 6. The minimum absolute atomic E-state index is 0.248. The van der Waals surface area contributed by atoms with E-state index in [1.807, 2.05) is 48.5 Å². The highest BCUT2D eigenvalue weighted by atomic mass is 79.9. The maximum atomic E-state index is 10.1. The summed E-state index contributed by atoms with van der Waals surface area (Å²) in [6.45, 7) is 0.248. The molecule has 4 nitrogen and oxygen atoms in total. The van der Waals surface area contributed by atoms with E-state index < -0.39 is 6.10 Å². The van der Waals surface area contributed by atoms with Gasteiger partial charge in [-0.05, 0) is 30.3 Å². The lowest BCUT2D eigenvalue weighted by atomic mass is 10.2. The number of aromatic nitrogens is 2. The van der Waals surface area contributed by atoms with Crippen molar-refractivity contribution in [3.63, 3.8) is 0 Å². The molecule has 1 heterocycles. The highest BCUT2D eigenvalue weighted by molar-refractivity contribution is 9.10. The van der Waals surface area contributed by atoms with Gasteiger partial charge >= 0.3 is 0 Å². The van der Waals surface area contributed by atoms with Crippen LogP contribution in [-0.2, 0) is 0 Å². The summed E-state index contributed by atoms with van der Waals surface area (Å²) in [5.41, 5.74) is 0.908. The molecule has 6 heteroatoms. The van der Waals surface area contributed by atoms with E-state index in [4.69, 9.17) is 4.74 Å². The van der Waals surface area contributed by atoms with Gasteiger partial charge in [-0.1, -0.05) is 34.1 Å². The van der Waals surface area contributed by atoms with Crippen molar-refractivity contribution in [2.75, 3.05) is 12.4 Å². The number of thioether (sulfide) groups is 1. The van der Waals surface area contributed by atoms with Gasteiger partial charge in [0, 0.05) is 15.6 Å². The molecule has 0 unspecified atom stereocenters. The van der Waals surface area contributed by atoms with E-state index in [1.165, 1.54) is 11.8 Å². The van der Waals surface area contributed by atoms with Gasteiger partial charge in [0.2, 0.25) is 0 Å². The molecule has 23 heavy (non-hydrogen) atoms. The summed E-state index contributed by atoms with van der Waals surface area (Å²) in [5, 5.41) is 12.0. The lowest BCUT2D eigenvalue weighted by molar-refractivity contribution is 0.126. The van der Waals surface area contributed by atoms with Crippen LogP contribution >= 0.6 is 27.7 Å². The Kier molecular flexibility index (Phi) is 5.48. The van der Waals surface area contributed by atoms with Gasteiger partial charge in [-0.15, -0.1) is 11.8 Å². The van der Waals surface area contributed by atoms with Crippen LogP contribution < -0.4 is 4.74 Å². The number of para-hydroxylation sites is 1. The number of fused-ring (bicyclic) bond motifs is 1. The van der Waals surface area contributed by atoms with Crippen LogP contribution in [0.3, 0.4) is 0 Å². The molecule has 1 N–H and O–H groups in total. The first-order chi connectivity index (χ1) is 11.2. The maximum Gasteiger partial charge on any atom is 0.119 e. The van der Waals surface area contributed by atoms with E-state index in [2.05, 4.69) is 25.9 Å². The van der Waals surface area contributed by atoms with E-state index in [-0.39, 0.29) is 6.61 Å². The zero-order valence-electron chi connectivity index (χ0n) is 12.2. The molecule has 0 aliphatic rings. The highest BCUT2D eigenvalue weighted by Gasteiger charge is 2.09. The van der Waals surface area contributed by atoms with Gasteiger partial charge in [-0.25, -0.2) is 9.97 Å². The monoisotopic (exact) mass is 390 g/mol. The number of aliphatic hydroxyl groups excluding tert-OH is 1. The van der Waals surface area contributed by atoms with Crippen molar-refractivity contribution in [3.8, 4) is 5.75 Å². The van der Waals surface area contributed by atoms with E-state index in [0.29, 0.717) is 5.75 Å². The second-order valence-corrected chi connectivity index (χ2v) is 6.85. The predicted octanol–water partition coefficient (Wildman–Crippen LogP) is 3.92. The summed E-state index contributed by atoms with van der Waals surface area (Å²) < 4.78 is 6.58. The first kappa shape index (κ1) is 16.2. The van der Waals surface area contributed by atoms with Gasteiger partial charge in [-0.2, -0.15) is 0 Å². The number of hydrogen-bond acceptors (Lipinski definition) is 5. The summed E-state index contributed by atoms with van der Waals surface area (Å²) in [7, 11) is 0. The van der Waals surface area contributed by atoms with Crippen molar-refractivity contribution < 1.29 is 9.84 Å². The Bertz CT molecular complexity index is 778. The van der Waals surface area contributed by atoms with Crippen molar-refractivity contribution in [2.45, 2.75) is 11.1 Å². The van der Waals surface area contributed by atoms with Crippen LogP contribution in [0.25, 0.3) is 10.9 Å². The molecule has 118 valence electrons. The molecule has 0 saturated carbocycles. The third-order valence-corrected chi connectivity index (χ3v) is 4.85. The largest absolute Gasteiger partial charge is 0.491 e. The van der Waals surface area contributed by atoms with Gasteiger partial charge in [0.15, 0.2) is 0 Å². The second-order valence-electron chi connectivity index (χ2n) is 4.93. The van der Waals surface area contributed by atoms with E-state index >= 15 is 0 Å². The maximum absolute atomic E-state index is 10.1. The van der Waals surface area contributed by atoms with Gasteiger partial charge in [-0.3, -0.25) is 0 Å². The summed E-state index contributed by atoms with van der Waals surface area (Å²) in [6.07, 6.45) is 0.979. The molecular weight excluding hydrogens is 376 g/mol. The molecule has 1 atom stereocenters. The Labute approximate surface area is 147 Å². The minimum Gasteiger partial charge on any atom is -0.491 e. The zero-order valence-corrected chi connectivity index (χ0v) is 14.6. The fourth-order valence-electron chi connectivity index (χ4n) is 2.04. The van der Waals surface area contributed by atoms with Crippen LogP contribution in [0.2, 0.25) is 0 Å². The smallest absolute Gasteiger partial charge is 0.119 e. The Hall–Kier alpha value is -1.63. The molecule has 3 aromatic rings. The van der Waals surface area contributed by atoms with Crippen molar-refractivity contribution in [1.29, 1.82) is 0 Å². The van der Waals surface area contributed by atoms with Crippen LogP contribution in [0.1, 0.15) is 0 Å². The lowest BCUT2D eigenvalue weighted by Crippen LogP contribution is -2.20. The number of benzene rings is 2. The van der Waals surface area contributed by atoms with E-state index in [1.54, 1.807) is 6.33 Å². The Balaban J connectivity index is 1.56. The highest BCUT2D eigenvalue weighted by Crippen LogP contribution is 2.25. The summed E-state index contributed by atoms with van der Waals surface area (Å²) >= 11 is 4.88. The van der Waals surface area contributed by atoms with Crippen molar-refractivity contribution >= 4 is 38.6 Å². The Morgan fingerprint density at radius 2 is 1.87 bits per heavy atom. The number of hydrogen-bond donors (Lipinski definition) is 1. The fraction of sp³-hybridized carbons (Fsp3) is 0.176. The standard InChI is InChI=1S/C17H15BrN2O2S/c18-12-5-7-14(8-6-12)22-9-13(21)10-23-17-15-3-1-2-4-16(15)19-11-20-17/h1-8,11,13,21H,9-10H2/t13-/m0/s1. The van der Waals surface area contributed by atoms with Crippen LogP contribution in [0.4, 0.5) is 0 Å². The molecule has 1 aromatic heterocycles. The average molecular weight is 391 g/mol. The zero-order chi connectivity index (χ0) is 16.1.